The number of carbonyl (C=O) groups is 2. The number of fused-ring (bicyclic) bond motifs is 1. The van der Waals surface area contributed by atoms with Crippen LogP contribution in [0.4, 0.5) is 4.79 Å². The second-order valence-corrected chi connectivity index (χ2v) is 11.4. The van der Waals surface area contributed by atoms with Crippen LogP contribution in [0.2, 0.25) is 0 Å². The summed E-state index contributed by atoms with van der Waals surface area (Å²) in [5, 5.41) is 6.08. The van der Waals surface area contributed by atoms with Gasteiger partial charge in [-0.25, -0.2) is 9.78 Å². The summed E-state index contributed by atoms with van der Waals surface area (Å²) < 4.78 is 10.9. The number of unbranched alkanes of at least 4 members (excludes halogenated alkanes) is 1. The van der Waals surface area contributed by atoms with E-state index in [1.54, 1.807) is 13.2 Å². The first-order valence-electron chi connectivity index (χ1n) is 13.4. The number of hydrogen-bond donors (Lipinski definition) is 3. The quantitative estimate of drug-likeness (QED) is 0.360. The van der Waals surface area contributed by atoms with Gasteiger partial charge in [0.1, 0.15) is 28.2 Å². The average molecular weight is 501 g/mol. The van der Waals surface area contributed by atoms with Crippen molar-refractivity contribution in [1.82, 2.24) is 20.6 Å². The largest absolute Gasteiger partial charge is 0.494 e. The second-order valence-electron chi connectivity index (χ2n) is 11.4. The fourth-order valence-electron chi connectivity index (χ4n) is 4.75. The molecule has 1 fully saturated rings. The number of rotatable bonds is 10. The third-order valence-corrected chi connectivity index (χ3v) is 6.68. The first-order valence-corrected chi connectivity index (χ1v) is 13.4. The molecule has 1 aliphatic carbocycles. The van der Waals surface area contributed by atoms with Crippen LogP contribution in [-0.4, -0.2) is 47.3 Å². The molecule has 2 aromatic rings. The van der Waals surface area contributed by atoms with Gasteiger partial charge in [0, 0.05) is 19.0 Å². The smallest absolute Gasteiger partial charge is 0.407 e. The van der Waals surface area contributed by atoms with Crippen molar-refractivity contribution in [3.8, 4) is 5.75 Å². The van der Waals surface area contributed by atoms with E-state index in [-0.39, 0.29) is 18.0 Å². The van der Waals surface area contributed by atoms with Crippen LogP contribution in [0, 0.1) is 11.8 Å². The minimum absolute atomic E-state index is 0.116. The average Bonchev–Trinajstić information content (AvgIpc) is 3.23. The summed E-state index contributed by atoms with van der Waals surface area (Å²) in [6.45, 7) is 10.7. The maximum Gasteiger partial charge on any atom is 0.407 e. The molecule has 3 rings (SSSR count). The molecule has 0 aliphatic heterocycles. The van der Waals surface area contributed by atoms with Gasteiger partial charge in [-0.2, -0.15) is 0 Å². The Morgan fingerprint density at radius 2 is 1.86 bits per heavy atom. The lowest BCUT2D eigenvalue weighted by Gasteiger charge is -2.30. The number of aromatic nitrogens is 2. The van der Waals surface area contributed by atoms with Gasteiger partial charge < -0.3 is 25.1 Å². The highest BCUT2D eigenvalue weighted by atomic mass is 16.6. The predicted molar refractivity (Wildman–Crippen MR) is 142 cm³/mol. The van der Waals surface area contributed by atoms with E-state index in [9.17, 15) is 9.59 Å². The van der Waals surface area contributed by atoms with E-state index in [0.29, 0.717) is 35.2 Å². The first kappa shape index (κ1) is 27.8. The molecule has 8 heteroatoms. The Labute approximate surface area is 215 Å². The molecule has 200 valence electrons. The van der Waals surface area contributed by atoms with E-state index in [4.69, 9.17) is 14.5 Å². The topological polar surface area (TPSA) is 105 Å². The van der Waals surface area contributed by atoms with E-state index in [1.165, 1.54) is 6.42 Å². The molecule has 2 amide bonds. The number of carbonyl (C=O) groups excluding carboxylic acids is 2. The predicted octanol–water partition coefficient (Wildman–Crippen LogP) is 5.75. The van der Waals surface area contributed by atoms with Gasteiger partial charge in [0.05, 0.1) is 12.7 Å². The molecular formula is C28H44N4O4. The van der Waals surface area contributed by atoms with Crippen LogP contribution in [-0.2, 0) is 11.2 Å². The molecule has 0 unspecified atom stereocenters. The minimum Gasteiger partial charge on any atom is -0.494 e. The molecule has 36 heavy (non-hydrogen) atoms. The number of aryl methyl sites for hydroxylation is 1. The summed E-state index contributed by atoms with van der Waals surface area (Å²) >= 11 is 0. The number of methoxy groups -OCH3 is 1. The summed E-state index contributed by atoms with van der Waals surface area (Å²) in [6, 6.07) is 3.74. The van der Waals surface area contributed by atoms with Gasteiger partial charge in [-0.1, -0.05) is 26.7 Å². The van der Waals surface area contributed by atoms with Crippen molar-refractivity contribution in [2.75, 3.05) is 13.7 Å². The molecule has 0 bridgehead atoms. The van der Waals surface area contributed by atoms with Gasteiger partial charge in [0.2, 0.25) is 0 Å². The number of nitrogens with zero attached hydrogens (tertiary/aromatic N) is 1. The van der Waals surface area contributed by atoms with Gasteiger partial charge in [0.25, 0.3) is 5.91 Å². The van der Waals surface area contributed by atoms with Crippen LogP contribution in [0.25, 0.3) is 11.0 Å². The summed E-state index contributed by atoms with van der Waals surface area (Å²) in [4.78, 5) is 33.3. The van der Waals surface area contributed by atoms with Crippen LogP contribution >= 0.6 is 0 Å². The Bertz CT molecular complexity index is 1020. The summed E-state index contributed by atoms with van der Waals surface area (Å²) in [6.07, 6.45) is 7.58. The van der Waals surface area contributed by atoms with E-state index in [0.717, 1.165) is 56.3 Å². The Morgan fingerprint density at radius 1 is 1.14 bits per heavy atom. The normalized spacial score (nSPS) is 18.3. The zero-order valence-electron chi connectivity index (χ0n) is 22.8. The fraction of sp³-hybridized carbons (Fsp3) is 0.679. The highest BCUT2D eigenvalue weighted by Gasteiger charge is 2.25. The van der Waals surface area contributed by atoms with Crippen molar-refractivity contribution in [1.29, 1.82) is 0 Å². The fourth-order valence-corrected chi connectivity index (χ4v) is 4.75. The lowest BCUT2D eigenvalue weighted by Crippen LogP contribution is -2.42. The van der Waals surface area contributed by atoms with Crippen LogP contribution < -0.4 is 15.4 Å². The number of amides is 2. The van der Waals surface area contributed by atoms with E-state index in [2.05, 4.69) is 29.5 Å². The van der Waals surface area contributed by atoms with Crippen molar-refractivity contribution < 1.29 is 19.1 Å². The van der Waals surface area contributed by atoms with E-state index in [1.807, 2.05) is 26.8 Å². The van der Waals surface area contributed by atoms with Crippen molar-refractivity contribution in [3.63, 3.8) is 0 Å². The molecule has 0 atom stereocenters. The third-order valence-electron chi connectivity index (χ3n) is 6.68. The first-order chi connectivity index (χ1) is 17.1. The zero-order chi connectivity index (χ0) is 26.3. The number of H-pyrrole nitrogens is 1. The Kier molecular flexibility index (Phi) is 9.63. The molecule has 1 aromatic carbocycles. The number of benzene rings is 1. The molecular weight excluding hydrogens is 456 g/mol. The maximum absolute atomic E-state index is 13.1. The number of aromatic amines is 1. The second kappa shape index (κ2) is 12.5. The molecule has 1 saturated carbocycles. The highest BCUT2D eigenvalue weighted by Crippen LogP contribution is 2.28. The molecule has 8 nitrogen and oxygen atoms in total. The van der Waals surface area contributed by atoms with Crippen LogP contribution in [0.15, 0.2) is 12.1 Å². The number of ether oxygens (including phenoxy) is 2. The number of alkyl carbamates (subject to hydrolysis) is 1. The zero-order valence-corrected chi connectivity index (χ0v) is 22.8. The number of imidazole rings is 1. The molecule has 3 N–H and O–H groups in total. The Morgan fingerprint density at radius 3 is 2.50 bits per heavy atom. The van der Waals surface area contributed by atoms with Crippen LogP contribution in [0.3, 0.4) is 0 Å². The van der Waals surface area contributed by atoms with Gasteiger partial charge in [0.15, 0.2) is 0 Å². The van der Waals surface area contributed by atoms with Crippen molar-refractivity contribution in [2.45, 2.75) is 97.6 Å². The van der Waals surface area contributed by atoms with Crippen molar-refractivity contribution in [3.05, 3.63) is 23.5 Å². The lowest BCUT2D eigenvalue weighted by atomic mass is 9.86. The highest BCUT2D eigenvalue weighted by molar-refractivity contribution is 6.06. The molecule has 0 spiro atoms. The molecule has 0 saturated heterocycles. The van der Waals surface area contributed by atoms with Crippen LogP contribution in [0.1, 0.15) is 95.7 Å². The summed E-state index contributed by atoms with van der Waals surface area (Å²) in [5.74, 6) is 2.55. The standard InChI is InChI=1S/C28H44N4O4/c1-18(2)9-7-8-10-23-31-24-21(15-16-22(35-6)25(24)32-23)26(33)29-17-19-11-13-20(14-12-19)30-27(34)36-28(3,4)5/h15-16,18-20H,7-14,17H2,1-6H3,(H,29,33)(H,30,34)(H,31,32)/t19-,20+. The van der Waals surface area contributed by atoms with Gasteiger partial charge in [-0.05, 0) is 76.8 Å². The molecule has 1 heterocycles. The molecule has 0 radical (unpaired) electrons. The van der Waals surface area contributed by atoms with Gasteiger partial charge in [-0.3, -0.25) is 4.79 Å². The Balaban J connectivity index is 1.54. The van der Waals surface area contributed by atoms with Crippen LogP contribution in [0.5, 0.6) is 5.75 Å². The van der Waals surface area contributed by atoms with E-state index < -0.39 is 5.60 Å². The molecule has 1 aliphatic rings. The van der Waals surface area contributed by atoms with Crippen molar-refractivity contribution in [2.24, 2.45) is 11.8 Å². The van der Waals surface area contributed by atoms with Crippen molar-refractivity contribution >= 4 is 23.0 Å². The number of nitrogens with one attached hydrogen (secondary N) is 3. The Hall–Kier alpha value is -2.77. The summed E-state index contributed by atoms with van der Waals surface area (Å²) in [7, 11) is 1.63. The van der Waals surface area contributed by atoms with E-state index >= 15 is 0 Å². The van der Waals surface area contributed by atoms with Gasteiger partial charge >= 0.3 is 6.09 Å². The summed E-state index contributed by atoms with van der Waals surface area (Å²) in [5.41, 5.74) is 1.51. The third kappa shape index (κ3) is 8.14. The monoisotopic (exact) mass is 500 g/mol. The maximum atomic E-state index is 13.1. The minimum atomic E-state index is -0.499. The van der Waals surface area contributed by atoms with Gasteiger partial charge in [-0.15, -0.1) is 0 Å². The molecule has 1 aromatic heterocycles. The lowest BCUT2D eigenvalue weighted by molar-refractivity contribution is 0.0487. The SMILES string of the molecule is COc1ccc(C(=O)NC[C@H]2CC[C@@H](NC(=O)OC(C)(C)C)CC2)c2nc(CCCCC(C)C)[nH]c12. The number of hydrogen-bond acceptors (Lipinski definition) is 5.